The van der Waals surface area contributed by atoms with E-state index in [1.165, 1.54) is 70.6 Å². The fourth-order valence-corrected chi connectivity index (χ4v) is 6.56. The Morgan fingerprint density at radius 3 is 0.989 bits per heavy atom. The third-order valence-electron chi connectivity index (χ3n) is 13.0. The molecule has 0 N–H and O–H groups in total. The minimum atomic E-state index is -0.198. The highest BCUT2D eigenvalue weighted by atomic mass is 16.5. The molecular weight excluding hydrogens is 1110 g/mol. The van der Waals surface area contributed by atoms with E-state index in [0.717, 1.165) is 93.4 Å². The van der Waals surface area contributed by atoms with Gasteiger partial charge < -0.3 is 28.4 Å². The zero-order valence-corrected chi connectivity index (χ0v) is 61.3. The summed E-state index contributed by atoms with van der Waals surface area (Å²) in [6, 6.07) is 0. The van der Waals surface area contributed by atoms with Crippen LogP contribution in [0.1, 0.15) is 280 Å². The highest BCUT2D eigenvalue weighted by Gasteiger charge is 2.25. The van der Waals surface area contributed by atoms with E-state index >= 15 is 0 Å². The van der Waals surface area contributed by atoms with Gasteiger partial charge in [-0.15, -0.1) is 55.8 Å². The lowest BCUT2D eigenvalue weighted by Crippen LogP contribution is -2.09. The van der Waals surface area contributed by atoms with Gasteiger partial charge in [0.2, 0.25) is 0 Å². The molecule has 5 aliphatic carbocycles. The Morgan fingerprint density at radius 2 is 0.742 bits per heavy atom. The molecule has 5 fully saturated rings. The van der Waals surface area contributed by atoms with Crippen LogP contribution in [0.25, 0.3) is 0 Å². The largest absolute Gasteiger partial charge is 0.466 e. The molecule has 0 aromatic heterocycles. The third-order valence-corrected chi connectivity index (χ3v) is 13.0. The highest BCUT2D eigenvalue weighted by molar-refractivity contribution is 5.70. The molecule has 0 amide bonds. The van der Waals surface area contributed by atoms with Crippen molar-refractivity contribution in [2.75, 3.05) is 52.9 Å². The van der Waals surface area contributed by atoms with E-state index in [-0.39, 0.29) is 23.9 Å². The first-order valence-corrected chi connectivity index (χ1v) is 34.9. The van der Waals surface area contributed by atoms with Gasteiger partial charge >= 0.3 is 23.9 Å². The monoisotopic (exact) mass is 1250 g/mol. The van der Waals surface area contributed by atoms with Crippen molar-refractivity contribution >= 4 is 23.9 Å². The van der Waals surface area contributed by atoms with Crippen LogP contribution in [-0.4, -0.2) is 76.7 Å². The van der Waals surface area contributed by atoms with E-state index in [0.29, 0.717) is 119 Å². The first-order chi connectivity index (χ1) is 41.9. The molecule has 5 rings (SSSR count). The first kappa shape index (κ1) is 93.3. The number of carbonyl (C=O) groups excluding carboxylic acids is 4. The molecule has 0 spiro atoms. The van der Waals surface area contributed by atoms with Crippen LogP contribution in [0, 0.1) is 150 Å². The van der Waals surface area contributed by atoms with Crippen LogP contribution in [0.5, 0.6) is 0 Å². The summed E-state index contributed by atoms with van der Waals surface area (Å²) < 4.78 is 30.4. The van der Waals surface area contributed by atoms with Crippen molar-refractivity contribution in [1.29, 1.82) is 0 Å². The van der Waals surface area contributed by atoms with Crippen LogP contribution in [0.4, 0.5) is 0 Å². The summed E-state index contributed by atoms with van der Waals surface area (Å²) >= 11 is 0. The normalized spacial score (nSPS) is 13.9. The van der Waals surface area contributed by atoms with E-state index in [4.69, 9.17) is 60.5 Å². The molecule has 5 saturated carbocycles. The van der Waals surface area contributed by atoms with Crippen LogP contribution in [0.15, 0.2) is 0 Å². The van der Waals surface area contributed by atoms with Gasteiger partial charge in [-0.2, -0.15) is 0 Å². The smallest absolute Gasteiger partial charge is 0.306 e. The van der Waals surface area contributed by atoms with Crippen molar-refractivity contribution in [3.63, 3.8) is 0 Å². The number of terminal acetylenes is 5. The maximum atomic E-state index is 11.1. The molecule has 10 heteroatoms. The van der Waals surface area contributed by atoms with Gasteiger partial charge in [-0.25, -0.2) is 0 Å². The van der Waals surface area contributed by atoms with Crippen molar-refractivity contribution < 1.29 is 47.6 Å². The van der Waals surface area contributed by atoms with E-state index in [2.05, 4.69) is 127 Å². The van der Waals surface area contributed by atoms with Gasteiger partial charge in [-0.1, -0.05) is 183 Å². The second-order valence-electron chi connectivity index (χ2n) is 28.6. The maximum absolute atomic E-state index is 11.1. The molecule has 0 aromatic rings. The van der Waals surface area contributed by atoms with Crippen LogP contribution in [-0.2, 0) is 47.6 Å². The predicted molar refractivity (Wildman–Crippen MR) is 377 cm³/mol. The number of hydrogen-bond donors (Lipinski definition) is 0. The second-order valence-corrected chi connectivity index (χ2v) is 28.6. The SMILES string of the molecule is C#CC(C)C.C#CCC(C)C.C#CCCC(=O)OCC(C)C.C#CCCC(=O)OCCC(C)C.C#CCOCC(C)C.CC(C)C1CC1.CC(C)CC1CC1.CC(C)CCOC(=O)CCC1CC1.CC(C)COC(=O)CCC1CC1.CC(C)COCC1CC1. The summed E-state index contributed by atoms with van der Waals surface area (Å²) in [5.41, 5.74) is 0. The Hall–Kier alpha value is -4.40. The Balaban J connectivity index is -0.000000297. The Labute approximate surface area is 552 Å². The van der Waals surface area contributed by atoms with Crippen molar-refractivity contribution in [1.82, 2.24) is 0 Å². The summed E-state index contributed by atoms with van der Waals surface area (Å²) in [6.45, 7) is 47.9. The van der Waals surface area contributed by atoms with Gasteiger partial charge in [-0.05, 0) is 141 Å². The summed E-state index contributed by atoms with van der Waals surface area (Å²) in [5, 5.41) is 0. The molecule has 0 aromatic carbocycles. The molecule has 0 heterocycles. The van der Waals surface area contributed by atoms with Crippen molar-refractivity contribution in [2.45, 2.75) is 280 Å². The number of esters is 4. The minimum Gasteiger partial charge on any atom is -0.466 e. The second kappa shape index (κ2) is 65.1. The van der Waals surface area contributed by atoms with Crippen LogP contribution < -0.4 is 0 Å². The predicted octanol–water partition coefficient (Wildman–Crippen LogP) is 19.5. The lowest BCUT2D eigenvalue weighted by molar-refractivity contribution is -0.145. The van der Waals surface area contributed by atoms with Crippen molar-refractivity contribution in [3.05, 3.63) is 0 Å². The van der Waals surface area contributed by atoms with E-state index in [1.807, 2.05) is 41.5 Å². The van der Waals surface area contributed by atoms with Gasteiger partial charge in [0, 0.05) is 51.2 Å². The number of ether oxygens (including phenoxy) is 6. The molecule has 516 valence electrons. The van der Waals surface area contributed by atoms with Gasteiger partial charge in [0.05, 0.1) is 45.9 Å². The van der Waals surface area contributed by atoms with Crippen LogP contribution >= 0.6 is 0 Å². The molecule has 0 aliphatic heterocycles. The Morgan fingerprint density at radius 1 is 0.382 bits per heavy atom. The molecule has 0 atom stereocenters. The van der Waals surface area contributed by atoms with Gasteiger partial charge in [0.1, 0.15) is 6.61 Å². The summed E-state index contributed by atoms with van der Waals surface area (Å²) in [5.74, 6) is 23.0. The maximum Gasteiger partial charge on any atom is 0.306 e. The standard InChI is InChI=1S/C11H20O2.C10H18O2.C10H16O2.C9H14O2.C8H16O.C7H12O.C7H14.C6H12.C6H10.C5H8/c1-9(2)7-8-13-11(12)6-5-10-3-4-10;1-8(2)7-12-10(11)6-5-9-3-4-9;1-4-5-6-10(11)12-8-7-9(2)3;1-4-5-6-9(10)11-7-8(2)3;1-7(2)5-9-6-8-3-4-8;1-4-5-8-6-7(2)3;1-6(2)5-7-3-4-7;1-5(2)6-3-4-6;1-4-5-6(2)3;1-4-5(2)3/h9-10H,3-8H2,1-2H3;8-9H,3-7H2,1-2H3;1,9H,5-8H2,2-3H3;1,8H,5-7H2,2-3H3;7-8H,3-6H2,1-2H3;1,7H,5-6H2,2-3H3;6-7H,3-5H2,1-2H3;5-6H,3-4H2,1-2H3;1,6H,5H2,2-3H3;1,5H,2-3H3. The first-order valence-electron chi connectivity index (χ1n) is 34.9. The average molecular weight is 1250 g/mol. The molecule has 0 unspecified atom stereocenters. The Kier molecular flexibility index (Phi) is 68.3. The summed E-state index contributed by atoms with van der Waals surface area (Å²) in [7, 11) is 0. The fourth-order valence-electron chi connectivity index (χ4n) is 6.56. The van der Waals surface area contributed by atoms with E-state index < -0.39 is 0 Å². The average Bonchev–Trinajstić information content (AvgIpc) is 4.45. The summed E-state index contributed by atoms with van der Waals surface area (Å²) in [6.07, 6.45) is 48.1. The number of carbonyl (C=O) groups is 4. The van der Waals surface area contributed by atoms with E-state index in [1.54, 1.807) is 0 Å². The summed E-state index contributed by atoms with van der Waals surface area (Å²) in [4.78, 5) is 43.8. The van der Waals surface area contributed by atoms with Crippen molar-refractivity contribution in [3.8, 4) is 61.7 Å². The lowest BCUT2D eigenvalue weighted by atomic mass is 10.1. The molecule has 89 heavy (non-hydrogen) atoms. The molecular formula is C79H140O10. The zero-order valence-electron chi connectivity index (χ0n) is 61.3. The number of rotatable bonds is 31. The van der Waals surface area contributed by atoms with Crippen LogP contribution in [0.3, 0.4) is 0 Å². The van der Waals surface area contributed by atoms with Crippen LogP contribution in [0.2, 0.25) is 0 Å². The van der Waals surface area contributed by atoms with Gasteiger partial charge in [0.15, 0.2) is 0 Å². The van der Waals surface area contributed by atoms with Gasteiger partial charge in [-0.3, -0.25) is 19.2 Å². The molecule has 0 bridgehead atoms. The minimum absolute atomic E-state index is 0.00690. The van der Waals surface area contributed by atoms with Crippen molar-refractivity contribution in [2.24, 2.45) is 88.8 Å². The third kappa shape index (κ3) is 100. The number of hydrogen-bond acceptors (Lipinski definition) is 10. The molecule has 0 saturated heterocycles. The Bertz CT molecular complexity index is 1840. The van der Waals surface area contributed by atoms with Gasteiger partial charge in [0.25, 0.3) is 0 Å². The topological polar surface area (TPSA) is 124 Å². The quantitative estimate of drug-likeness (QED) is 0.0287. The fraction of sp³-hybridized carbons (Fsp3) is 0.823. The highest BCUT2D eigenvalue weighted by Crippen LogP contribution is 2.36. The molecule has 0 radical (unpaired) electrons. The molecule has 10 nitrogen and oxygen atoms in total. The van der Waals surface area contributed by atoms with E-state index in [9.17, 15) is 19.2 Å². The zero-order chi connectivity index (χ0) is 69.0. The molecule has 5 aliphatic rings. The lowest BCUT2D eigenvalue weighted by Gasteiger charge is -2.06.